The summed E-state index contributed by atoms with van der Waals surface area (Å²) >= 11 is 1.44. The maximum Gasteiger partial charge on any atom is 0.408 e. The number of nitrogens with two attached hydrogens (primary N) is 1. The first kappa shape index (κ1) is 25.7. The van der Waals surface area contributed by atoms with Crippen LogP contribution in [0.15, 0.2) is 23.5 Å². The standard InChI is InChI=1S/C24H31N7O4S/c1-24(2,3)30(23(34)35)12-17(32)27-14-6-8-15(9-7-14)31-20-16(19(29-31)21(25)33)10-5-13-11-26-22(36-4)28-18(13)20/h5,10-11,14-15H,6-9,12H2,1-4H3,(H2,25,33)(H,27,32)(H,34,35). The van der Waals surface area contributed by atoms with Crippen molar-refractivity contribution >= 4 is 51.5 Å². The number of nitrogens with zero attached hydrogens (tertiary/aromatic N) is 5. The van der Waals surface area contributed by atoms with Gasteiger partial charge in [-0.2, -0.15) is 5.10 Å². The summed E-state index contributed by atoms with van der Waals surface area (Å²) in [6.07, 6.45) is 5.37. The number of carbonyl (C=O) groups excluding carboxylic acids is 2. The predicted molar refractivity (Wildman–Crippen MR) is 137 cm³/mol. The second kappa shape index (κ2) is 9.92. The Labute approximate surface area is 212 Å². The quantitative estimate of drug-likeness (QED) is 0.335. The summed E-state index contributed by atoms with van der Waals surface area (Å²) < 4.78 is 1.86. The maximum absolute atomic E-state index is 12.6. The lowest BCUT2D eigenvalue weighted by atomic mass is 9.91. The first-order valence-electron chi connectivity index (χ1n) is 11.8. The number of thioether (sulfide) groups is 1. The Kier molecular flexibility index (Phi) is 7.07. The van der Waals surface area contributed by atoms with E-state index in [-0.39, 0.29) is 30.2 Å². The lowest BCUT2D eigenvalue weighted by Crippen LogP contribution is -2.51. The van der Waals surface area contributed by atoms with E-state index in [4.69, 9.17) is 10.7 Å². The molecule has 0 radical (unpaired) electrons. The number of hydrogen-bond donors (Lipinski definition) is 3. The molecule has 11 nitrogen and oxygen atoms in total. The number of aromatic nitrogens is 4. The topological polar surface area (TPSA) is 156 Å². The SMILES string of the molecule is CSc1ncc2ccc3c(C(N)=O)nn(C4CCC(NC(=O)CN(C(=O)O)C(C)(C)C)CC4)c3c2n1. The van der Waals surface area contributed by atoms with Crippen LogP contribution in [0.5, 0.6) is 0 Å². The predicted octanol–water partition coefficient (Wildman–Crippen LogP) is 3.18. The lowest BCUT2D eigenvalue weighted by Gasteiger charge is -2.34. The summed E-state index contributed by atoms with van der Waals surface area (Å²) in [5.41, 5.74) is 6.66. The lowest BCUT2D eigenvalue weighted by molar-refractivity contribution is -0.123. The molecular formula is C24H31N7O4S. The van der Waals surface area contributed by atoms with Crippen LogP contribution in [-0.4, -0.2) is 72.0 Å². The van der Waals surface area contributed by atoms with Gasteiger partial charge in [-0.05, 0) is 58.8 Å². The van der Waals surface area contributed by atoms with Gasteiger partial charge >= 0.3 is 6.09 Å². The van der Waals surface area contributed by atoms with Gasteiger partial charge < -0.3 is 16.2 Å². The molecule has 1 saturated carbocycles. The monoisotopic (exact) mass is 513 g/mol. The number of nitrogens with one attached hydrogen (secondary N) is 1. The van der Waals surface area contributed by atoms with Gasteiger partial charge in [0.15, 0.2) is 10.9 Å². The highest BCUT2D eigenvalue weighted by Gasteiger charge is 2.31. The third-order valence-corrected chi connectivity index (χ3v) is 7.12. The number of hydrogen-bond acceptors (Lipinski definition) is 7. The van der Waals surface area contributed by atoms with Gasteiger partial charge in [0, 0.05) is 28.6 Å². The van der Waals surface area contributed by atoms with Crippen LogP contribution in [-0.2, 0) is 4.79 Å². The molecule has 4 rings (SSSR count). The molecule has 0 spiro atoms. The number of primary amides is 1. The van der Waals surface area contributed by atoms with Crippen molar-refractivity contribution in [2.24, 2.45) is 5.73 Å². The zero-order valence-corrected chi connectivity index (χ0v) is 21.6. The van der Waals surface area contributed by atoms with Crippen molar-refractivity contribution in [1.29, 1.82) is 0 Å². The van der Waals surface area contributed by atoms with Crippen LogP contribution in [0.1, 0.15) is 63.0 Å². The molecule has 192 valence electrons. The molecule has 0 bridgehead atoms. The molecule has 12 heteroatoms. The number of amides is 3. The Morgan fingerprint density at radius 2 is 1.92 bits per heavy atom. The van der Waals surface area contributed by atoms with Crippen molar-refractivity contribution in [3.8, 4) is 0 Å². The Morgan fingerprint density at radius 1 is 1.22 bits per heavy atom. The third-order valence-electron chi connectivity index (χ3n) is 6.56. The maximum atomic E-state index is 12.6. The van der Waals surface area contributed by atoms with Gasteiger partial charge in [0.05, 0.1) is 11.6 Å². The van der Waals surface area contributed by atoms with Crippen LogP contribution in [0.3, 0.4) is 0 Å². The molecule has 0 aliphatic heterocycles. The van der Waals surface area contributed by atoms with Gasteiger partial charge in [-0.1, -0.05) is 17.8 Å². The molecule has 2 heterocycles. The molecule has 2 aromatic heterocycles. The van der Waals surface area contributed by atoms with Crippen molar-refractivity contribution < 1.29 is 19.5 Å². The molecule has 3 aromatic rings. The van der Waals surface area contributed by atoms with Gasteiger partial charge in [-0.25, -0.2) is 14.8 Å². The van der Waals surface area contributed by atoms with E-state index >= 15 is 0 Å². The van der Waals surface area contributed by atoms with E-state index in [0.29, 0.717) is 23.4 Å². The summed E-state index contributed by atoms with van der Waals surface area (Å²) in [4.78, 5) is 46.5. The average Bonchev–Trinajstić information content (AvgIpc) is 3.22. The third kappa shape index (κ3) is 5.08. The van der Waals surface area contributed by atoms with Gasteiger partial charge in [-0.3, -0.25) is 19.2 Å². The largest absolute Gasteiger partial charge is 0.465 e. The summed E-state index contributed by atoms with van der Waals surface area (Å²) in [6, 6.07) is 3.63. The molecule has 0 unspecified atom stereocenters. The van der Waals surface area contributed by atoms with Crippen molar-refractivity contribution in [2.45, 2.75) is 69.2 Å². The zero-order chi connectivity index (χ0) is 26.2. The van der Waals surface area contributed by atoms with Gasteiger partial charge in [0.2, 0.25) is 5.91 Å². The summed E-state index contributed by atoms with van der Waals surface area (Å²) in [6.45, 7) is 5.05. The number of rotatable bonds is 6. The molecule has 1 aliphatic carbocycles. The second-order valence-corrected chi connectivity index (χ2v) is 10.8. The van der Waals surface area contributed by atoms with E-state index in [2.05, 4.69) is 15.4 Å². The van der Waals surface area contributed by atoms with E-state index in [1.807, 2.05) is 23.1 Å². The minimum atomic E-state index is -1.13. The van der Waals surface area contributed by atoms with Crippen LogP contribution >= 0.6 is 11.8 Å². The van der Waals surface area contributed by atoms with E-state index < -0.39 is 17.5 Å². The van der Waals surface area contributed by atoms with Gasteiger partial charge in [-0.15, -0.1) is 0 Å². The first-order valence-corrected chi connectivity index (χ1v) is 13.0. The molecular weight excluding hydrogens is 482 g/mol. The summed E-state index contributed by atoms with van der Waals surface area (Å²) in [5, 5.41) is 19.2. The Balaban J connectivity index is 1.55. The van der Waals surface area contributed by atoms with Crippen molar-refractivity contribution in [3.05, 3.63) is 24.0 Å². The van der Waals surface area contributed by atoms with Crippen LogP contribution in [0, 0.1) is 0 Å². The normalized spacial score (nSPS) is 18.3. The van der Waals surface area contributed by atoms with Gasteiger partial charge in [0.25, 0.3) is 5.91 Å². The molecule has 0 atom stereocenters. The minimum Gasteiger partial charge on any atom is -0.465 e. The molecule has 0 saturated heterocycles. The smallest absolute Gasteiger partial charge is 0.408 e. The number of fused-ring (bicyclic) bond motifs is 3. The molecule has 4 N–H and O–H groups in total. The molecule has 36 heavy (non-hydrogen) atoms. The highest BCUT2D eigenvalue weighted by atomic mass is 32.2. The second-order valence-electron chi connectivity index (χ2n) is 10.0. The summed E-state index contributed by atoms with van der Waals surface area (Å²) in [5.74, 6) is -0.913. The molecule has 1 fully saturated rings. The fraction of sp³-hybridized carbons (Fsp3) is 0.500. The van der Waals surface area contributed by atoms with Crippen LogP contribution < -0.4 is 11.1 Å². The minimum absolute atomic E-state index is 0.00265. The highest BCUT2D eigenvalue weighted by Crippen LogP contribution is 2.35. The van der Waals surface area contributed by atoms with Gasteiger partial charge in [0.1, 0.15) is 12.1 Å². The van der Waals surface area contributed by atoms with E-state index in [1.165, 1.54) is 11.8 Å². The zero-order valence-electron chi connectivity index (χ0n) is 20.8. The fourth-order valence-corrected chi connectivity index (χ4v) is 5.06. The Bertz CT molecular complexity index is 1330. The highest BCUT2D eigenvalue weighted by molar-refractivity contribution is 7.98. The van der Waals surface area contributed by atoms with Crippen molar-refractivity contribution in [3.63, 3.8) is 0 Å². The van der Waals surface area contributed by atoms with Crippen molar-refractivity contribution in [1.82, 2.24) is 30.0 Å². The Hall–Kier alpha value is -3.41. The van der Waals surface area contributed by atoms with E-state index in [1.54, 1.807) is 27.0 Å². The van der Waals surface area contributed by atoms with Crippen LogP contribution in [0.2, 0.25) is 0 Å². The van der Waals surface area contributed by atoms with Crippen molar-refractivity contribution in [2.75, 3.05) is 12.8 Å². The number of benzene rings is 1. The average molecular weight is 514 g/mol. The first-order chi connectivity index (χ1) is 17.0. The Morgan fingerprint density at radius 3 is 2.50 bits per heavy atom. The molecule has 1 aliphatic rings. The fourth-order valence-electron chi connectivity index (χ4n) is 4.72. The van der Waals surface area contributed by atoms with Crippen LogP contribution in [0.4, 0.5) is 4.79 Å². The van der Waals surface area contributed by atoms with E-state index in [0.717, 1.165) is 34.2 Å². The summed E-state index contributed by atoms with van der Waals surface area (Å²) in [7, 11) is 0. The van der Waals surface area contributed by atoms with Crippen LogP contribution in [0.25, 0.3) is 21.8 Å². The number of carboxylic acid groups (broad SMARTS) is 1. The molecule has 1 aromatic carbocycles. The van der Waals surface area contributed by atoms with E-state index in [9.17, 15) is 19.5 Å². The number of carbonyl (C=O) groups is 3. The molecule has 3 amide bonds.